The van der Waals surface area contributed by atoms with Crippen LogP contribution in [0.2, 0.25) is 6.32 Å². The summed E-state index contributed by atoms with van der Waals surface area (Å²) in [5, 5.41) is 0. The monoisotopic (exact) mass is 429 g/mol. The maximum atomic E-state index is 6.43. The molecule has 3 nitrogen and oxygen atoms in total. The summed E-state index contributed by atoms with van der Waals surface area (Å²) in [5.74, 6) is 1.73. The van der Waals surface area contributed by atoms with Crippen molar-refractivity contribution in [3.05, 3.63) is 48.5 Å². The topological polar surface area (TPSA) is 34.0 Å². The van der Waals surface area contributed by atoms with Crippen LogP contribution in [0.25, 0.3) is 0 Å². The molecule has 2 aromatic rings. The van der Waals surface area contributed by atoms with Gasteiger partial charge in [0.1, 0.15) is 17.4 Å². The van der Waals surface area contributed by atoms with Crippen LogP contribution in [-0.4, -0.2) is 19.9 Å². The Morgan fingerprint density at radius 2 is 1.62 bits per heavy atom. The lowest BCUT2D eigenvalue weighted by atomic mass is 9.56. The minimum absolute atomic E-state index is 0.223. The molecule has 0 aliphatic carbocycles. The number of aliphatic imine (C=N–C) groups is 2. The minimum Gasteiger partial charge on any atom is -0.491 e. The maximum Gasteiger partial charge on any atom is 0.155 e. The fraction of sp³-hybridized carbons (Fsp3) is 0.536. The molecule has 2 atom stereocenters. The second kappa shape index (κ2) is 10.5. The van der Waals surface area contributed by atoms with E-state index >= 15 is 0 Å². The number of rotatable bonds is 6. The van der Waals surface area contributed by atoms with Crippen molar-refractivity contribution in [1.82, 2.24) is 0 Å². The Bertz CT molecular complexity index is 904. The summed E-state index contributed by atoms with van der Waals surface area (Å²) in [4.78, 5) is 9.00. The predicted molar refractivity (Wildman–Crippen MR) is 137 cm³/mol. The lowest BCUT2D eigenvalue weighted by Gasteiger charge is -2.43. The standard InChI is InChI=1S/C28H38BN2O/c1-7-27(3,4)17-22(28(5,6)8-2)21-18-29-23-13-9-10-14-24(23)30-20-31-25-15-11-12-16-26(25)32-19-21/h9-16,21-22H,7-8,17-19H2,1-6H3. The quantitative estimate of drug-likeness (QED) is 0.439. The van der Waals surface area contributed by atoms with Gasteiger partial charge >= 0.3 is 0 Å². The molecule has 1 aliphatic rings. The molecule has 2 unspecified atom stereocenters. The largest absolute Gasteiger partial charge is 0.491 e. The van der Waals surface area contributed by atoms with Gasteiger partial charge in [0.15, 0.2) is 7.28 Å². The molecule has 1 radical (unpaired) electrons. The van der Waals surface area contributed by atoms with Gasteiger partial charge in [0.05, 0.1) is 12.3 Å². The summed E-state index contributed by atoms with van der Waals surface area (Å²) in [6, 6.07) is 19.1. The summed E-state index contributed by atoms with van der Waals surface area (Å²) in [7, 11) is 2.33. The minimum atomic E-state index is 0.223. The van der Waals surface area contributed by atoms with Crippen molar-refractivity contribution in [2.24, 2.45) is 32.7 Å². The van der Waals surface area contributed by atoms with Crippen molar-refractivity contribution >= 4 is 30.1 Å². The number of ether oxygens (including phenoxy) is 1. The van der Waals surface area contributed by atoms with Crippen molar-refractivity contribution in [3.8, 4) is 5.75 Å². The fourth-order valence-corrected chi connectivity index (χ4v) is 4.47. The molecule has 4 heteroatoms. The van der Waals surface area contributed by atoms with Gasteiger partial charge in [0.25, 0.3) is 0 Å². The van der Waals surface area contributed by atoms with E-state index in [9.17, 15) is 0 Å². The van der Waals surface area contributed by atoms with Crippen LogP contribution in [0.5, 0.6) is 5.75 Å². The normalized spacial score (nSPS) is 17.8. The lowest BCUT2D eigenvalue weighted by Crippen LogP contribution is -2.38. The molecular formula is C28H38BN2O. The molecule has 169 valence electrons. The first kappa shape index (κ1) is 24.3. The Hall–Kier alpha value is -2.32. The number of para-hydroxylation sites is 3. The Morgan fingerprint density at radius 3 is 2.34 bits per heavy atom. The number of hydrogen-bond donors (Lipinski definition) is 0. The molecular weight excluding hydrogens is 391 g/mol. The third kappa shape index (κ3) is 6.14. The number of hydrogen-bond acceptors (Lipinski definition) is 3. The average molecular weight is 429 g/mol. The highest BCUT2D eigenvalue weighted by Gasteiger charge is 2.38. The summed E-state index contributed by atoms with van der Waals surface area (Å²) in [6.45, 7) is 15.0. The van der Waals surface area contributed by atoms with Crippen LogP contribution < -0.4 is 10.2 Å². The molecule has 0 bridgehead atoms. The molecule has 0 N–H and O–H groups in total. The van der Waals surface area contributed by atoms with Crippen LogP contribution in [0.1, 0.15) is 60.8 Å². The van der Waals surface area contributed by atoms with E-state index in [2.05, 4.69) is 76.9 Å². The third-order valence-electron chi connectivity index (χ3n) is 7.45. The summed E-state index contributed by atoms with van der Waals surface area (Å²) in [6.07, 6.45) is 4.47. The Kier molecular flexibility index (Phi) is 8.01. The third-order valence-corrected chi connectivity index (χ3v) is 7.45. The Balaban J connectivity index is 2.03. The fourth-order valence-electron chi connectivity index (χ4n) is 4.47. The van der Waals surface area contributed by atoms with Crippen molar-refractivity contribution in [3.63, 3.8) is 0 Å². The van der Waals surface area contributed by atoms with Gasteiger partial charge in [-0.3, -0.25) is 0 Å². The Labute approximate surface area is 195 Å². The first-order chi connectivity index (χ1) is 15.3. The first-order valence-corrected chi connectivity index (χ1v) is 12.1. The maximum absolute atomic E-state index is 6.43. The van der Waals surface area contributed by atoms with Gasteiger partial charge < -0.3 is 4.74 Å². The zero-order valence-electron chi connectivity index (χ0n) is 20.7. The van der Waals surface area contributed by atoms with Gasteiger partial charge in [-0.05, 0) is 47.3 Å². The van der Waals surface area contributed by atoms with E-state index in [1.807, 2.05) is 36.4 Å². The molecule has 0 amide bonds. The van der Waals surface area contributed by atoms with Gasteiger partial charge in [-0.25, -0.2) is 0 Å². The number of fused-ring (bicyclic) bond motifs is 2. The highest BCUT2D eigenvalue weighted by molar-refractivity contribution is 6.55. The van der Waals surface area contributed by atoms with Crippen molar-refractivity contribution in [1.29, 1.82) is 0 Å². The van der Waals surface area contributed by atoms with E-state index in [1.54, 1.807) is 0 Å². The predicted octanol–water partition coefficient (Wildman–Crippen LogP) is 7.46. The van der Waals surface area contributed by atoms with Crippen molar-refractivity contribution in [2.45, 2.75) is 67.1 Å². The van der Waals surface area contributed by atoms with Gasteiger partial charge in [-0.2, -0.15) is 9.98 Å². The second-order valence-electron chi connectivity index (χ2n) is 10.5. The summed E-state index contributed by atoms with van der Waals surface area (Å²) >= 11 is 0. The van der Waals surface area contributed by atoms with Crippen LogP contribution in [0.15, 0.2) is 58.5 Å². The summed E-state index contributed by atoms with van der Waals surface area (Å²) < 4.78 is 6.43. The molecule has 3 rings (SSSR count). The summed E-state index contributed by atoms with van der Waals surface area (Å²) in [5.41, 5.74) is 3.34. The highest BCUT2D eigenvalue weighted by Crippen LogP contribution is 2.45. The second-order valence-corrected chi connectivity index (χ2v) is 10.5. The smallest absolute Gasteiger partial charge is 0.155 e. The van der Waals surface area contributed by atoms with E-state index in [0.717, 1.165) is 35.3 Å². The van der Waals surface area contributed by atoms with Crippen LogP contribution in [0.4, 0.5) is 11.4 Å². The van der Waals surface area contributed by atoms with E-state index in [1.165, 1.54) is 12.8 Å². The molecule has 0 spiro atoms. The lowest BCUT2D eigenvalue weighted by molar-refractivity contribution is 0.0595. The number of nitrogens with zero attached hydrogens (tertiary/aromatic N) is 2. The zero-order chi connectivity index (χ0) is 23.2. The molecule has 0 saturated heterocycles. The van der Waals surface area contributed by atoms with E-state index in [-0.39, 0.29) is 5.41 Å². The SMILES string of the molecule is CCC(C)(C)CC(C1C[B]c2ccccc2N=C=Nc2ccccc2OC1)C(C)(C)CC. The van der Waals surface area contributed by atoms with Gasteiger partial charge in [-0.15, -0.1) is 0 Å². The van der Waals surface area contributed by atoms with Crippen LogP contribution in [-0.2, 0) is 0 Å². The van der Waals surface area contributed by atoms with Gasteiger partial charge in [-0.1, -0.05) is 96.5 Å². The van der Waals surface area contributed by atoms with Crippen LogP contribution in [0, 0.1) is 22.7 Å². The van der Waals surface area contributed by atoms with E-state index in [4.69, 9.17) is 4.74 Å². The molecule has 32 heavy (non-hydrogen) atoms. The molecule has 0 saturated carbocycles. The van der Waals surface area contributed by atoms with Crippen LogP contribution >= 0.6 is 0 Å². The zero-order valence-corrected chi connectivity index (χ0v) is 20.7. The molecule has 1 aliphatic heterocycles. The molecule has 0 aromatic heterocycles. The average Bonchev–Trinajstić information content (AvgIpc) is 2.78. The van der Waals surface area contributed by atoms with E-state index in [0.29, 0.717) is 23.9 Å². The highest BCUT2D eigenvalue weighted by atomic mass is 16.5. The van der Waals surface area contributed by atoms with Crippen molar-refractivity contribution < 1.29 is 4.74 Å². The first-order valence-electron chi connectivity index (χ1n) is 12.1. The molecule has 0 fully saturated rings. The van der Waals surface area contributed by atoms with E-state index < -0.39 is 0 Å². The van der Waals surface area contributed by atoms with Crippen LogP contribution in [0.3, 0.4) is 0 Å². The molecule has 2 aromatic carbocycles. The van der Waals surface area contributed by atoms with Crippen molar-refractivity contribution in [2.75, 3.05) is 6.61 Å². The molecule has 1 heterocycles. The van der Waals surface area contributed by atoms with Gasteiger partial charge in [0.2, 0.25) is 0 Å². The number of benzene rings is 2. The van der Waals surface area contributed by atoms with Gasteiger partial charge in [0, 0.05) is 0 Å². The Morgan fingerprint density at radius 1 is 0.969 bits per heavy atom.